The summed E-state index contributed by atoms with van der Waals surface area (Å²) in [5.74, 6) is 0.690. The molecule has 35 heavy (non-hydrogen) atoms. The maximum absolute atomic E-state index is 12.8. The van der Waals surface area contributed by atoms with Crippen LogP contribution in [-0.4, -0.2) is 41.8 Å². The molecule has 0 aliphatic heterocycles. The molecule has 3 rings (SSSR count). The summed E-state index contributed by atoms with van der Waals surface area (Å²) < 4.78 is 55.0. The molecule has 1 N–H and O–H groups in total. The van der Waals surface area contributed by atoms with E-state index in [0.717, 1.165) is 22.4 Å². The van der Waals surface area contributed by atoms with E-state index in [9.17, 15) is 21.6 Å². The van der Waals surface area contributed by atoms with Crippen LogP contribution >= 0.6 is 0 Å². The molecule has 0 aromatic heterocycles. The number of anilines is 1. The SMILES string of the molecule is CCC(NC(=O)CN(c1ccc(Oc2ccccc2)cc1)S(C)(=O)=O)c1ccc(S(C)(=O)=O)cc1. The van der Waals surface area contributed by atoms with E-state index in [-0.39, 0.29) is 4.90 Å². The Bertz CT molecular complexity index is 1360. The normalized spacial score (nSPS) is 12.5. The van der Waals surface area contributed by atoms with Gasteiger partial charge in [0.2, 0.25) is 15.9 Å². The summed E-state index contributed by atoms with van der Waals surface area (Å²) in [5.41, 5.74) is 1.05. The standard InChI is InChI=1S/C25H28N2O6S2/c1-4-24(19-10-16-23(17-11-19)34(2,29)30)26-25(28)18-27(35(3,31)32)20-12-14-22(15-13-20)33-21-8-6-5-7-9-21/h5-17,24H,4,18H2,1-3H3,(H,26,28). The highest BCUT2D eigenvalue weighted by atomic mass is 32.2. The largest absolute Gasteiger partial charge is 0.457 e. The minimum absolute atomic E-state index is 0.186. The van der Waals surface area contributed by atoms with Gasteiger partial charge >= 0.3 is 0 Å². The first-order valence-corrected chi connectivity index (χ1v) is 14.6. The number of benzene rings is 3. The van der Waals surface area contributed by atoms with Crippen LogP contribution in [0, 0.1) is 0 Å². The van der Waals surface area contributed by atoms with Crippen molar-refractivity contribution in [2.45, 2.75) is 24.3 Å². The van der Waals surface area contributed by atoms with Crippen molar-refractivity contribution in [2.75, 3.05) is 23.4 Å². The molecule has 0 aliphatic rings. The first kappa shape index (κ1) is 26.2. The molecule has 10 heteroatoms. The number of rotatable bonds is 10. The summed E-state index contributed by atoms with van der Waals surface area (Å²) in [4.78, 5) is 13.0. The van der Waals surface area contributed by atoms with Gasteiger partial charge in [-0.05, 0) is 60.5 Å². The van der Waals surface area contributed by atoms with Crippen molar-refractivity contribution in [2.24, 2.45) is 0 Å². The number of hydrogen-bond donors (Lipinski definition) is 1. The van der Waals surface area contributed by atoms with E-state index in [1.165, 1.54) is 12.1 Å². The highest BCUT2D eigenvalue weighted by molar-refractivity contribution is 7.92. The van der Waals surface area contributed by atoms with E-state index in [0.29, 0.717) is 23.6 Å². The molecular formula is C25H28N2O6S2. The highest BCUT2D eigenvalue weighted by Gasteiger charge is 2.23. The fourth-order valence-corrected chi connectivity index (χ4v) is 4.93. The van der Waals surface area contributed by atoms with Gasteiger partial charge in [0.05, 0.1) is 22.9 Å². The van der Waals surface area contributed by atoms with Crippen LogP contribution in [0.3, 0.4) is 0 Å². The molecule has 1 amide bonds. The second-order valence-corrected chi connectivity index (χ2v) is 12.0. The van der Waals surface area contributed by atoms with Crippen LogP contribution in [0.5, 0.6) is 11.5 Å². The Hall–Kier alpha value is -3.37. The third-order valence-electron chi connectivity index (χ3n) is 5.25. The molecule has 3 aromatic carbocycles. The number of amides is 1. The van der Waals surface area contributed by atoms with Crippen LogP contribution in [0.25, 0.3) is 0 Å². The van der Waals surface area contributed by atoms with Gasteiger partial charge in [0, 0.05) is 6.26 Å². The fraction of sp³-hybridized carbons (Fsp3) is 0.240. The van der Waals surface area contributed by atoms with Gasteiger partial charge in [-0.25, -0.2) is 16.8 Å². The van der Waals surface area contributed by atoms with Gasteiger partial charge in [0.25, 0.3) is 0 Å². The van der Waals surface area contributed by atoms with Crippen LogP contribution in [0.2, 0.25) is 0 Å². The molecule has 0 bridgehead atoms. The number of sulfonamides is 1. The lowest BCUT2D eigenvalue weighted by molar-refractivity contribution is -0.120. The summed E-state index contributed by atoms with van der Waals surface area (Å²) in [6, 6.07) is 21.5. The molecule has 1 atom stereocenters. The molecule has 0 spiro atoms. The van der Waals surface area contributed by atoms with E-state index < -0.39 is 38.4 Å². The summed E-state index contributed by atoms with van der Waals surface area (Å²) in [6.45, 7) is 1.46. The number of carbonyl (C=O) groups excluding carboxylic acids is 1. The van der Waals surface area contributed by atoms with Crippen LogP contribution in [0.15, 0.2) is 83.8 Å². The average Bonchev–Trinajstić information content (AvgIpc) is 2.81. The predicted molar refractivity (Wildman–Crippen MR) is 136 cm³/mol. The molecule has 186 valence electrons. The highest BCUT2D eigenvalue weighted by Crippen LogP contribution is 2.26. The Morgan fingerprint density at radius 3 is 1.94 bits per heavy atom. The lowest BCUT2D eigenvalue weighted by Crippen LogP contribution is -2.41. The predicted octanol–water partition coefficient (Wildman–Crippen LogP) is 3.92. The Morgan fingerprint density at radius 2 is 1.43 bits per heavy atom. The lowest BCUT2D eigenvalue weighted by atomic mass is 10.0. The zero-order valence-corrected chi connectivity index (χ0v) is 21.3. The zero-order chi connectivity index (χ0) is 25.6. The second kappa shape index (κ2) is 10.9. The summed E-state index contributed by atoms with van der Waals surface area (Å²) in [7, 11) is -7.08. The minimum atomic E-state index is -3.75. The van der Waals surface area contributed by atoms with Gasteiger partial charge in [-0.2, -0.15) is 0 Å². The first-order chi connectivity index (χ1) is 16.5. The van der Waals surface area contributed by atoms with Crippen molar-refractivity contribution in [3.8, 4) is 11.5 Å². The van der Waals surface area contributed by atoms with E-state index in [1.807, 2.05) is 25.1 Å². The third kappa shape index (κ3) is 7.30. The zero-order valence-electron chi connectivity index (χ0n) is 19.7. The van der Waals surface area contributed by atoms with Gasteiger partial charge in [-0.3, -0.25) is 9.10 Å². The molecule has 0 fully saturated rings. The van der Waals surface area contributed by atoms with Crippen molar-refractivity contribution in [1.82, 2.24) is 5.32 Å². The molecule has 3 aromatic rings. The molecule has 0 radical (unpaired) electrons. The molecule has 0 saturated carbocycles. The summed E-state index contributed by atoms with van der Waals surface area (Å²) in [5, 5.41) is 2.84. The minimum Gasteiger partial charge on any atom is -0.457 e. The Balaban J connectivity index is 1.72. The van der Waals surface area contributed by atoms with Crippen LogP contribution in [0.4, 0.5) is 5.69 Å². The van der Waals surface area contributed by atoms with Gasteiger partial charge < -0.3 is 10.1 Å². The number of ether oxygens (including phenoxy) is 1. The molecule has 0 aliphatic carbocycles. The smallest absolute Gasteiger partial charge is 0.241 e. The third-order valence-corrected chi connectivity index (χ3v) is 7.51. The van der Waals surface area contributed by atoms with Crippen molar-refractivity contribution in [3.63, 3.8) is 0 Å². The quantitative estimate of drug-likeness (QED) is 0.437. The van der Waals surface area contributed by atoms with E-state index in [2.05, 4.69) is 5.32 Å². The number of carbonyl (C=O) groups is 1. The van der Waals surface area contributed by atoms with Crippen LogP contribution in [0.1, 0.15) is 24.9 Å². The van der Waals surface area contributed by atoms with Crippen LogP contribution < -0.4 is 14.4 Å². The average molecular weight is 517 g/mol. The lowest BCUT2D eigenvalue weighted by Gasteiger charge is -2.24. The monoisotopic (exact) mass is 516 g/mol. The van der Waals surface area contributed by atoms with E-state index in [1.54, 1.807) is 48.5 Å². The van der Waals surface area contributed by atoms with Crippen molar-refractivity contribution >= 4 is 31.5 Å². The second-order valence-electron chi connectivity index (χ2n) is 8.05. The fourth-order valence-electron chi connectivity index (χ4n) is 3.44. The Labute approximate surface area is 206 Å². The number of para-hydroxylation sites is 1. The number of nitrogens with one attached hydrogen (secondary N) is 1. The van der Waals surface area contributed by atoms with Crippen molar-refractivity contribution in [3.05, 3.63) is 84.4 Å². The Kier molecular flexibility index (Phi) is 8.18. The van der Waals surface area contributed by atoms with Crippen molar-refractivity contribution < 1.29 is 26.4 Å². The summed E-state index contributed by atoms with van der Waals surface area (Å²) in [6.07, 6.45) is 2.70. The van der Waals surface area contributed by atoms with Gasteiger partial charge in [0.15, 0.2) is 9.84 Å². The molecular weight excluding hydrogens is 488 g/mol. The van der Waals surface area contributed by atoms with Gasteiger partial charge in [-0.15, -0.1) is 0 Å². The molecule has 0 heterocycles. The topological polar surface area (TPSA) is 110 Å². The van der Waals surface area contributed by atoms with Gasteiger partial charge in [0.1, 0.15) is 18.0 Å². The molecule has 1 unspecified atom stereocenters. The molecule has 8 nitrogen and oxygen atoms in total. The number of hydrogen-bond acceptors (Lipinski definition) is 6. The van der Waals surface area contributed by atoms with Crippen molar-refractivity contribution in [1.29, 1.82) is 0 Å². The van der Waals surface area contributed by atoms with E-state index >= 15 is 0 Å². The summed E-state index contributed by atoms with van der Waals surface area (Å²) >= 11 is 0. The Morgan fingerprint density at radius 1 is 0.857 bits per heavy atom. The maximum atomic E-state index is 12.8. The number of nitrogens with zero attached hydrogens (tertiary/aromatic N) is 1. The first-order valence-electron chi connectivity index (χ1n) is 10.9. The van der Waals surface area contributed by atoms with E-state index in [4.69, 9.17) is 4.74 Å². The number of sulfone groups is 1. The molecule has 0 saturated heterocycles. The van der Waals surface area contributed by atoms with Crippen LogP contribution in [-0.2, 0) is 24.7 Å². The van der Waals surface area contributed by atoms with Gasteiger partial charge in [-0.1, -0.05) is 37.3 Å². The maximum Gasteiger partial charge on any atom is 0.241 e.